The van der Waals surface area contributed by atoms with Gasteiger partial charge in [0.05, 0.1) is 0 Å². The molecule has 0 spiro atoms. The molecule has 0 aliphatic carbocycles. The van der Waals surface area contributed by atoms with E-state index in [1.54, 1.807) is 6.07 Å². The van der Waals surface area contributed by atoms with Crippen LogP contribution in [0.3, 0.4) is 0 Å². The highest BCUT2D eigenvalue weighted by Gasteiger charge is 2.09. The summed E-state index contributed by atoms with van der Waals surface area (Å²) in [6.07, 6.45) is 0.961. The highest BCUT2D eigenvalue weighted by atomic mass is 19.1. The van der Waals surface area contributed by atoms with E-state index in [0.717, 1.165) is 24.1 Å². The van der Waals surface area contributed by atoms with Crippen LogP contribution in [0.2, 0.25) is 0 Å². The molecule has 0 saturated carbocycles. The van der Waals surface area contributed by atoms with Gasteiger partial charge >= 0.3 is 0 Å². The molecule has 1 aromatic rings. The van der Waals surface area contributed by atoms with Gasteiger partial charge in [-0.05, 0) is 55.6 Å². The minimum atomic E-state index is -0.0734. The average Bonchev–Trinajstić information content (AvgIpc) is 2.16. The first-order valence-corrected chi connectivity index (χ1v) is 5.49. The van der Waals surface area contributed by atoms with Crippen molar-refractivity contribution in [1.82, 2.24) is 5.32 Å². The number of nitrogens with one attached hydrogen (secondary N) is 1. The van der Waals surface area contributed by atoms with Crippen molar-refractivity contribution in [3.63, 3.8) is 0 Å². The third kappa shape index (κ3) is 3.03. The summed E-state index contributed by atoms with van der Waals surface area (Å²) in [4.78, 5) is 0. The first-order valence-electron chi connectivity index (χ1n) is 5.49. The van der Waals surface area contributed by atoms with E-state index < -0.39 is 0 Å². The second-order valence-electron chi connectivity index (χ2n) is 4.31. The molecule has 2 heteroatoms. The molecule has 0 unspecified atom stereocenters. The number of rotatable bonds is 4. The number of aryl methyl sites for hydroxylation is 1. The molecule has 15 heavy (non-hydrogen) atoms. The minimum absolute atomic E-state index is 0.0734. The molecule has 0 fully saturated rings. The molecule has 1 aromatic carbocycles. The molecule has 0 saturated heterocycles. The minimum Gasteiger partial charge on any atom is -0.319 e. The van der Waals surface area contributed by atoms with E-state index in [9.17, 15) is 4.39 Å². The lowest BCUT2D eigenvalue weighted by atomic mass is 9.95. The first kappa shape index (κ1) is 12.2. The Balaban J connectivity index is 3.00. The summed E-state index contributed by atoms with van der Waals surface area (Å²) in [6.45, 7) is 6.95. The molecule has 0 aromatic heterocycles. The zero-order valence-corrected chi connectivity index (χ0v) is 10.0. The van der Waals surface area contributed by atoms with E-state index in [4.69, 9.17) is 0 Å². The Morgan fingerprint density at radius 2 is 2.00 bits per heavy atom. The first-order chi connectivity index (χ1) is 7.06. The predicted octanol–water partition coefficient (Wildman–Crippen LogP) is 3.02. The standard InChI is InChI=1S/C13H20FN/c1-9(2)12-8-11(5-6-15-4)10(3)7-13(12)14/h7-9,15H,5-6H2,1-4H3. The van der Waals surface area contributed by atoms with Gasteiger partial charge in [-0.25, -0.2) is 4.39 Å². The van der Waals surface area contributed by atoms with Crippen molar-refractivity contribution in [3.05, 3.63) is 34.6 Å². The lowest BCUT2D eigenvalue weighted by Crippen LogP contribution is -2.11. The molecule has 1 rings (SSSR count). The van der Waals surface area contributed by atoms with Crippen molar-refractivity contribution in [2.45, 2.75) is 33.1 Å². The van der Waals surface area contributed by atoms with Crippen molar-refractivity contribution in [1.29, 1.82) is 0 Å². The summed E-state index contributed by atoms with van der Waals surface area (Å²) >= 11 is 0. The van der Waals surface area contributed by atoms with Crippen LogP contribution in [0.1, 0.15) is 36.5 Å². The Hall–Kier alpha value is -0.890. The molecule has 0 bridgehead atoms. The smallest absolute Gasteiger partial charge is 0.126 e. The summed E-state index contributed by atoms with van der Waals surface area (Å²) in [5.74, 6) is 0.176. The van der Waals surface area contributed by atoms with Gasteiger partial charge < -0.3 is 5.32 Å². The van der Waals surface area contributed by atoms with Crippen molar-refractivity contribution in [2.75, 3.05) is 13.6 Å². The van der Waals surface area contributed by atoms with Crippen molar-refractivity contribution >= 4 is 0 Å². The summed E-state index contributed by atoms with van der Waals surface area (Å²) in [5.41, 5.74) is 3.12. The largest absolute Gasteiger partial charge is 0.319 e. The van der Waals surface area contributed by atoms with Crippen LogP contribution in [-0.4, -0.2) is 13.6 Å². The normalized spacial score (nSPS) is 11.1. The Labute approximate surface area is 91.7 Å². The predicted molar refractivity (Wildman–Crippen MR) is 62.9 cm³/mol. The third-order valence-electron chi connectivity index (χ3n) is 2.72. The fourth-order valence-electron chi connectivity index (χ4n) is 1.71. The molecule has 84 valence electrons. The zero-order valence-electron chi connectivity index (χ0n) is 10.0. The molecule has 0 amide bonds. The van der Waals surface area contributed by atoms with E-state index >= 15 is 0 Å². The number of hydrogen-bond acceptors (Lipinski definition) is 1. The van der Waals surface area contributed by atoms with Crippen LogP contribution in [-0.2, 0) is 6.42 Å². The van der Waals surface area contributed by atoms with E-state index in [1.165, 1.54) is 5.56 Å². The van der Waals surface area contributed by atoms with Gasteiger partial charge in [-0.3, -0.25) is 0 Å². The van der Waals surface area contributed by atoms with Gasteiger partial charge in [-0.1, -0.05) is 19.9 Å². The van der Waals surface area contributed by atoms with Crippen LogP contribution < -0.4 is 5.32 Å². The summed E-state index contributed by atoms with van der Waals surface area (Å²) in [5, 5.41) is 3.11. The maximum absolute atomic E-state index is 13.6. The van der Waals surface area contributed by atoms with Crippen molar-refractivity contribution in [2.24, 2.45) is 0 Å². The highest BCUT2D eigenvalue weighted by Crippen LogP contribution is 2.22. The van der Waals surface area contributed by atoms with Crippen LogP contribution in [0.25, 0.3) is 0 Å². The fourth-order valence-corrected chi connectivity index (χ4v) is 1.71. The van der Waals surface area contributed by atoms with Gasteiger partial charge in [0, 0.05) is 0 Å². The molecule has 0 radical (unpaired) electrons. The highest BCUT2D eigenvalue weighted by molar-refractivity contribution is 5.34. The molecule has 0 aliphatic heterocycles. The quantitative estimate of drug-likeness (QED) is 0.803. The van der Waals surface area contributed by atoms with Gasteiger partial charge in [-0.15, -0.1) is 0 Å². The van der Waals surface area contributed by atoms with E-state index in [-0.39, 0.29) is 11.7 Å². The van der Waals surface area contributed by atoms with Gasteiger partial charge in [0.2, 0.25) is 0 Å². The SMILES string of the molecule is CNCCc1cc(C(C)C)c(F)cc1C. The van der Waals surface area contributed by atoms with Crippen LogP contribution in [0.5, 0.6) is 0 Å². The molecule has 1 N–H and O–H groups in total. The van der Waals surface area contributed by atoms with Gasteiger partial charge in [-0.2, -0.15) is 0 Å². The van der Waals surface area contributed by atoms with Gasteiger partial charge in [0.15, 0.2) is 0 Å². The lowest BCUT2D eigenvalue weighted by molar-refractivity contribution is 0.595. The second kappa shape index (κ2) is 5.26. The number of hydrogen-bond donors (Lipinski definition) is 1. The monoisotopic (exact) mass is 209 g/mol. The Morgan fingerprint density at radius 1 is 1.33 bits per heavy atom. The summed E-state index contributed by atoms with van der Waals surface area (Å²) in [7, 11) is 1.93. The topological polar surface area (TPSA) is 12.0 Å². The molecule has 0 atom stereocenters. The molecule has 0 aliphatic rings. The van der Waals surface area contributed by atoms with Crippen LogP contribution in [0.15, 0.2) is 12.1 Å². The zero-order chi connectivity index (χ0) is 11.4. The second-order valence-corrected chi connectivity index (χ2v) is 4.31. The summed E-state index contributed by atoms with van der Waals surface area (Å²) < 4.78 is 13.6. The Kier molecular flexibility index (Phi) is 4.28. The van der Waals surface area contributed by atoms with E-state index in [2.05, 4.69) is 5.32 Å². The Morgan fingerprint density at radius 3 is 2.53 bits per heavy atom. The number of halogens is 1. The number of benzene rings is 1. The van der Waals surface area contributed by atoms with E-state index in [1.807, 2.05) is 33.9 Å². The van der Waals surface area contributed by atoms with Crippen molar-refractivity contribution in [3.8, 4) is 0 Å². The maximum Gasteiger partial charge on any atom is 0.126 e. The van der Waals surface area contributed by atoms with Crippen LogP contribution >= 0.6 is 0 Å². The average molecular weight is 209 g/mol. The molecular weight excluding hydrogens is 189 g/mol. The third-order valence-corrected chi connectivity index (χ3v) is 2.72. The Bertz CT molecular complexity index is 332. The molecule has 0 heterocycles. The van der Waals surface area contributed by atoms with Gasteiger partial charge in [0.25, 0.3) is 0 Å². The lowest BCUT2D eigenvalue weighted by Gasteiger charge is -2.12. The summed E-state index contributed by atoms with van der Waals surface area (Å²) in [6, 6.07) is 3.66. The van der Waals surface area contributed by atoms with Crippen LogP contribution in [0, 0.1) is 12.7 Å². The number of likely N-dealkylation sites (N-methyl/N-ethyl adjacent to an activating group) is 1. The molecular formula is C13H20FN. The maximum atomic E-state index is 13.6. The van der Waals surface area contributed by atoms with Gasteiger partial charge in [0.1, 0.15) is 5.82 Å². The fraction of sp³-hybridized carbons (Fsp3) is 0.538. The van der Waals surface area contributed by atoms with Crippen LogP contribution in [0.4, 0.5) is 4.39 Å². The molecule has 1 nitrogen and oxygen atoms in total. The van der Waals surface area contributed by atoms with E-state index in [0.29, 0.717) is 0 Å². The van der Waals surface area contributed by atoms with Crippen molar-refractivity contribution < 1.29 is 4.39 Å².